The molecule has 3 rings (SSSR count). The van der Waals surface area contributed by atoms with E-state index in [1.165, 1.54) is 11.3 Å². The first-order chi connectivity index (χ1) is 12.2. The highest BCUT2D eigenvalue weighted by Gasteiger charge is 2.10. The molecule has 1 aromatic heterocycles. The van der Waals surface area contributed by atoms with Crippen molar-refractivity contribution in [3.05, 3.63) is 58.6 Å². The number of hydrogen-bond donors (Lipinski definition) is 1. The molecule has 2 aromatic carbocycles. The molecule has 1 heterocycles. The van der Waals surface area contributed by atoms with Gasteiger partial charge in [0, 0.05) is 0 Å². The number of rotatable bonds is 6. The van der Waals surface area contributed by atoms with Gasteiger partial charge in [-0.15, -0.1) is 10.2 Å². The van der Waals surface area contributed by atoms with Crippen LogP contribution in [0.25, 0.3) is 11.1 Å². The van der Waals surface area contributed by atoms with Gasteiger partial charge in [-0.25, -0.2) is 0 Å². The van der Waals surface area contributed by atoms with Gasteiger partial charge in [-0.1, -0.05) is 66.3 Å². The van der Waals surface area contributed by atoms with Gasteiger partial charge in [0.2, 0.25) is 5.13 Å². The van der Waals surface area contributed by atoms with E-state index in [-0.39, 0.29) is 12.5 Å². The molecular weight excluding hydrogens is 358 g/mol. The molecule has 0 atom stereocenters. The van der Waals surface area contributed by atoms with E-state index in [0.717, 1.165) is 22.6 Å². The van der Waals surface area contributed by atoms with Crippen LogP contribution in [0, 0.1) is 0 Å². The van der Waals surface area contributed by atoms with Crippen LogP contribution in [-0.2, 0) is 11.2 Å². The number of aryl methyl sites for hydroxylation is 1. The van der Waals surface area contributed by atoms with Crippen molar-refractivity contribution < 1.29 is 9.53 Å². The number of nitrogens with one attached hydrogen (secondary N) is 1. The minimum atomic E-state index is -0.304. The molecule has 0 aliphatic carbocycles. The largest absolute Gasteiger partial charge is 0.482 e. The summed E-state index contributed by atoms with van der Waals surface area (Å²) in [6, 6.07) is 15.4. The molecule has 0 aliphatic rings. The van der Waals surface area contributed by atoms with Crippen LogP contribution in [0.15, 0.2) is 48.5 Å². The molecular formula is C18H16ClN3O2S. The van der Waals surface area contributed by atoms with Gasteiger partial charge >= 0.3 is 0 Å². The molecule has 3 aromatic rings. The maximum atomic E-state index is 11.9. The maximum absolute atomic E-state index is 11.9. The number of benzene rings is 2. The molecule has 0 unspecified atom stereocenters. The van der Waals surface area contributed by atoms with Gasteiger partial charge in [0.15, 0.2) is 6.61 Å². The van der Waals surface area contributed by atoms with Gasteiger partial charge in [-0.3, -0.25) is 10.1 Å². The van der Waals surface area contributed by atoms with Crippen molar-refractivity contribution in [3.8, 4) is 16.9 Å². The minimum Gasteiger partial charge on any atom is -0.482 e. The van der Waals surface area contributed by atoms with Crippen LogP contribution in [0.4, 0.5) is 5.13 Å². The normalized spacial score (nSPS) is 10.5. The van der Waals surface area contributed by atoms with Gasteiger partial charge in [0.1, 0.15) is 10.8 Å². The number of ether oxygens (including phenoxy) is 1. The maximum Gasteiger partial charge on any atom is 0.264 e. The second kappa shape index (κ2) is 8.09. The van der Waals surface area contributed by atoms with Gasteiger partial charge in [-0.2, -0.15) is 0 Å². The number of nitrogens with zero attached hydrogens (tertiary/aromatic N) is 2. The third-order valence-electron chi connectivity index (χ3n) is 3.41. The average Bonchev–Trinajstić information content (AvgIpc) is 3.09. The van der Waals surface area contributed by atoms with Crippen molar-refractivity contribution in [2.24, 2.45) is 0 Å². The first kappa shape index (κ1) is 17.4. The number of hydrogen-bond acceptors (Lipinski definition) is 5. The number of aromatic nitrogens is 2. The average molecular weight is 374 g/mol. The SMILES string of the molecule is CCc1nnc(NC(=O)COc2ccc(-c3ccccc3)cc2Cl)s1. The Kier molecular flexibility index (Phi) is 5.63. The van der Waals surface area contributed by atoms with Crippen molar-refractivity contribution in [3.63, 3.8) is 0 Å². The monoisotopic (exact) mass is 373 g/mol. The third-order valence-corrected chi connectivity index (χ3v) is 4.69. The summed E-state index contributed by atoms with van der Waals surface area (Å²) in [5.74, 6) is 0.157. The fraction of sp³-hybridized carbons (Fsp3) is 0.167. The van der Waals surface area contributed by atoms with E-state index in [2.05, 4.69) is 15.5 Å². The van der Waals surface area contributed by atoms with Crippen LogP contribution in [0.1, 0.15) is 11.9 Å². The van der Waals surface area contributed by atoms with Crippen molar-refractivity contribution in [1.29, 1.82) is 0 Å². The first-order valence-corrected chi connectivity index (χ1v) is 8.95. The summed E-state index contributed by atoms with van der Waals surface area (Å²) in [5, 5.41) is 12.3. The Balaban J connectivity index is 1.60. The van der Waals surface area contributed by atoms with Crippen LogP contribution in [-0.4, -0.2) is 22.7 Å². The van der Waals surface area contributed by atoms with E-state index >= 15 is 0 Å². The second-order valence-electron chi connectivity index (χ2n) is 5.20. The minimum absolute atomic E-state index is 0.147. The van der Waals surface area contributed by atoms with E-state index in [4.69, 9.17) is 16.3 Å². The molecule has 0 spiro atoms. The highest BCUT2D eigenvalue weighted by Crippen LogP contribution is 2.30. The molecule has 128 valence electrons. The smallest absolute Gasteiger partial charge is 0.264 e. The summed E-state index contributed by atoms with van der Waals surface area (Å²) in [6.45, 7) is 1.84. The number of amides is 1. The zero-order valence-corrected chi connectivity index (χ0v) is 15.1. The van der Waals surface area contributed by atoms with Gasteiger partial charge in [0.25, 0.3) is 5.91 Å². The summed E-state index contributed by atoms with van der Waals surface area (Å²) in [5.41, 5.74) is 2.06. The molecule has 0 radical (unpaired) electrons. The highest BCUT2D eigenvalue weighted by molar-refractivity contribution is 7.15. The van der Waals surface area contributed by atoms with Crippen LogP contribution in [0.5, 0.6) is 5.75 Å². The summed E-state index contributed by atoms with van der Waals surface area (Å²) < 4.78 is 5.51. The van der Waals surface area contributed by atoms with Crippen molar-refractivity contribution >= 4 is 34.0 Å². The number of carbonyl (C=O) groups excluding carboxylic acids is 1. The molecule has 0 saturated heterocycles. The van der Waals surface area contributed by atoms with Gasteiger partial charge < -0.3 is 4.74 Å². The van der Waals surface area contributed by atoms with Crippen LogP contribution in [0.2, 0.25) is 5.02 Å². The van der Waals surface area contributed by atoms with Crippen molar-refractivity contribution in [2.45, 2.75) is 13.3 Å². The Bertz CT molecular complexity index is 868. The van der Waals surface area contributed by atoms with Crippen LogP contribution in [0.3, 0.4) is 0 Å². The molecule has 0 saturated carbocycles. The van der Waals surface area contributed by atoms with E-state index in [9.17, 15) is 4.79 Å². The zero-order valence-electron chi connectivity index (χ0n) is 13.5. The van der Waals surface area contributed by atoms with Crippen LogP contribution >= 0.6 is 22.9 Å². The van der Waals surface area contributed by atoms with E-state index in [0.29, 0.717) is 15.9 Å². The lowest BCUT2D eigenvalue weighted by molar-refractivity contribution is -0.118. The molecule has 1 N–H and O–H groups in total. The van der Waals surface area contributed by atoms with E-state index in [1.54, 1.807) is 6.07 Å². The summed E-state index contributed by atoms with van der Waals surface area (Å²) in [7, 11) is 0. The number of anilines is 1. The van der Waals surface area contributed by atoms with Gasteiger partial charge in [-0.05, 0) is 29.7 Å². The van der Waals surface area contributed by atoms with E-state index < -0.39 is 0 Å². The lowest BCUT2D eigenvalue weighted by Crippen LogP contribution is -2.20. The zero-order chi connectivity index (χ0) is 17.6. The Morgan fingerprint density at radius 1 is 1.16 bits per heavy atom. The second-order valence-corrected chi connectivity index (χ2v) is 6.67. The molecule has 0 bridgehead atoms. The molecule has 7 heteroatoms. The fourth-order valence-electron chi connectivity index (χ4n) is 2.17. The Labute approximate surface area is 154 Å². The predicted octanol–water partition coefficient (Wildman–Crippen LogP) is 4.44. The Hall–Kier alpha value is -2.44. The fourth-order valence-corrected chi connectivity index (χ4v) is 3.10. The van der Waals surface area contributed by atoms with Crippen molar-refractivity contribution in [1.82, 2.24) is 10.2 Å². The summed E-state index contributed by atoms with van der Waals surface area (Å²) in [4.78, 5) is 11.9. The molecule has 5 nitrogen and oxygen atoms in total. The molecule has 0 fully saturated rings. The predicted molar refractivity (Wildman–Crippen MR) is 100 cm³/mol. The summed E-state index contributed by atoms with van der Waals surface area (Å²) >= 11 is 7.62. The highest BCUT2D eigenvalue weighted by atomic mass is 35.5. The first-order valence-electron chi connectivity index (χ1n) is 7.75. The Morgan fingerprint density at radius 2 is 1.96 bits per heavy atom. The van der Waals surface area contributed by atoms with Gasteiger partial charge in [0.05, 0.1) is 5.02 Å². The number of carbonyl (C=O) groups is 1. The molecule has 25 heavy (non-hydrogen) atoms. The third kappa shape index (κ3) is 4.55. The van der Waals surface area contributed by atoms with Crippen molar-refractivity contribution in [2.75, 3.05) is 11.9 Å². The lowest BCUT2D eigenvalue weighted by Gasteiger charge is -2.09. The van der Waals surface area contributed by atoms with Crippen LogP contribution < -0.4 is 10.1 Å². The van der Waals surface area contributed by atoms with E-state index in [1.807, 2.05) is 49.4 Å². The summed E-state index contributed by atoms with van der Waals surface area (Å²) in [6.07, 6.45) is 0.785. The topological polar surface area (TPSA) is 64.1 Å². The number of halogens is 1. The quantitative estimate of drug-likeness (QED) is 0.693. The molecule has 0 aliphatic heterocycles. The standard InChI is InChI=1S/C18H16ClN3O2S/c1-2-17-21-22-18(25-17)20-16(23)11-24-15-9-8-13(10-14(15)19)12-6-4-3-5-7-12/h3-10H,2,11H2,1H3,(H,20,22,23). The lowest BCUT2D eigenvalue weighted by atomic mass is 10.1. The Morgan fingerprint density at radius 3 is 2.64 bits per heavy atom. The molecule has 1 amide bonds.